The van der Waals surface area contributed by atoms with Gasteiger partial charge in [-0.3, -0.25) is 4.79 Å². The second-order valence-electron chi connectivity index (χ2n) is 6.75. The molecule has 1 atom stereocenters. The molecule has 2 heterocycles. The summed E-state index contributed by atoms with van der Waals surface area (Å²) in [6, 6.07) is 5.50. The first kappa shape index (κ1) is 18.2. The molecule has 0 bridgehead atoms. The number of amides is 1. The Kier molecular flexibility index (Phi) is 6.42. The molecule has 3 nitrogen and oxygen atoms in total. The first-order valence-corrected chi connectivity index (χ1v) is 8.38. The van der Waals surface area contributed by atoms with Crippen molar-refractivity contribution in [2.75, 3.05) is 26.2 Å². The molecule has 23 heavy (non-hydrogen) atoms. The number of benzene rings is 1. The van der Waals surface area contributed by atoms with Crippen molar-refractivity contribution in [3.8, 4) is 0 Å². The van der Waals surface area contributed by atoms with E-state index < -0.39 is 0 Å². The zero-order valence-corrected chi connectivity index (χ0v) is 14.5. The highest BCUT2D eigenvalue weighted by Crippen LogP contribution is 2.25. The van der Waals surface area contributed by atoms with Gasteiger partial charge in [0.15, 0.2) is 0 Å². The number of hydrogen-bond acceptors (Lipinski definition) is 2. The van der Waals surface area contributed by atoms with E-state index in [1.165, 1.54) is 0 Å². The van der Waals surface area contributed by atoms with Gasteiger partial charge in [-0.1, -0.05) is 12.1 Å². The Labute approximate surface area is 144 Å². The van der Waals surface area contributed by atoms with E-state index in [1.807, 2.05) is 17.0 Å². The molecule has 0 aliphatic carbocycles. The molecule has 2 fully saturated rings. The minimum Gasteiger partial charge on any atom is -0.342 e. The zero-order chi connectivity index (χ0) is 15.5. The second kappa shape index (κ2) is 8.11. The van der Waals surface area contributed by atoms with Crippen LogP contribution in [0.25, 0.3) is 0 Å². The Balaban J connectivity index is 0.00000192. The molecule has 128 valence electrons. The first-order chi connectivity index (χ1) is 10.6. The van der Waals surface area contributed by atoms with Crippen molar-refractivity contribution in [1.82, 2.24) is 10.2 Å². The van der Waals surface area contributed by atoms with Crippen molar-refractivity contribution in [2.45, 2.75) is 32.6 Å². The van der Waals surface area contributed by atoms with E-state index >= 15 is 0 Å². The standard InChI is InChI=1S/C18H25FN2O.ClH/c1-13-2-3-14(11-17(13)19)10-15-6-9-21(12-15)18(22)16-4-7-20-8-5-16;/h2-3,11,15-16,20H,4-10,12H2,1H3;1H. The van der Waals surface area contributed by atoms with Gasteiger partial charge in [-0.05, 0) is 68.8 Å². The van der Waals surface area contributed by atoms with Crippen molar-refractivity contribution < 1.29 is 9.18 Å². The van der Waals surface area contributed by atoms with Gasteiger partial charge in [-0.15, -0.1) is 12.4 Å². The highest BCUT2D eigenvalue weighted by atomic mass is 35.5. The number of rotatable bonds is 3. The third-order valence-electron chi connectivity index (χ3n) is 5.05. The van der Waals surface area contributed by atoms with Crippen LogP contribution in [0.1, 0.15) is 30.4 Å². The van der Waals surface area contributed by atoms with Gasteiger partial charge in [-0.25, -0.2) is 4.39 Å². The number of carbonyl (C=O) groups is 1. The summed E-state index contributed by atoms with van der Waals surface area (Å²) in [4.78, 5) is 14.6. The molecule has 2 aliphatic heterocycles. The number of piperidine rings is 1. The van der Waals surface area contributed by atoms with Crippen molar-refractivity contribution >= 4 is 18.3 Å². The second-order valence-corrected chi connectivity index (χ2v) is 6.75. The first-order valence-electron chi connectivity index (χ1n) is 8.38. The average molecular weight is 341 g/mol. The van der Waals surface area contributed by atoms with Gasteiger partial charge in [0.05, 0.1) is 0 Å². The molecule has 1 aromatic carbocycles. The topological polar surface area (TPSA) is 32.3 Å². The number of nitrogens with zero attached hydrogens (tertiary/aromatic N) is 1. The molecule has 0 spiro atoms. The van der Waals surface area contributed by atoms with Gasteiger partial charge in [0, 0.05) is 19.0 Å². The van der Waals surface area contributed by atoms with Gasteiger partial charge in [0.1, 0.15) is 5.82 Å². The Hall–Kier alpha value is -1.13. The Morgan fingerprint density at radius 1 is 1.30 bits per heavy atom. The maximum atomic E-state index is 13.6. The van der Waals surface area contributed by atoms with Crippen LogP contribution >= 0.6 is 12.4 Å². The van der Waals surface area contributed by atoms with Crippen LogP contribution in [0.15, 0.2) is 18.2 Å². The minimum atomic E-state index is -0.127. The zero-order valence-electron chi connectivity index (χ0n) is 13.7. The summed E-state index contributed by atoms with van der Waals surface area (Å²) in [5.41, 5.74) is 1.74. The number of nitrogens with one attached hydrogen (secondary N) is 1. The van der Waals surface area contributed by atoms with Crippen LogP contribution in [-0.2, 0) is 11.2 Å². The van der Waals surface area contributed by atoms with Gasteiger partial charge >= 0.3 is 0 Å². The molecule has 0 aromatic heterocycles. The normalized spacial score (nSPS) is 22.0. The highest BCUT2D eigenvalue weighted by molar-refractivity contribution is 5.85. The predicted octanol–water partition coefficient (Wildman–Crippen LogP) is 2.95. The quantitative estimate of drug-likeness (QED) is 0.917. The van der Waals surface area contributed by atoms with Crippen LogP contribution in [0.4, 0.5) is 4.39 Å². The van der Waals surface area contributed by atoms with Crippen LogP contribution in [0.2, 0.25) is 0 Å². The lowest BCUT2D eigenvalue weighted by Crippen LogP contribution is -2.40. The molecular formula is C18H26ClFN2O. The largest absolute Gasteiger partial charge is 0.342 e. The fourth-order valence-corrected chi connectivity index (χ4v) is 3.62. The average Bonchev–Trinajstić information content (AvgIpc) is 2.99. The van der Waals surface area contributed by atoms with Gasteiger partial charge in [0.2, 0.25) is 5.91 Å². The van der Waals surface area contributed by atoms with Crippen molar-refractivity contribution in [3.63, 3.8) is 0 Å². The van der Waals surface area contributed by atoms with Crippen LogP contribution in [0.5, 0.6) is 0 Å². The van der Waals surface area contributed by atoms with E-state index in [4.69, 9.17) is 0 Å². The molecule has 2 aliphatic rings. The summed E-state index contributed by atoms with van der Waals surface area (Å²) in [6.07, 6.45) is 3.83. The number of carbonyl (C=O) groups excluding carboxylic acids is 1. The molecule has 2 saturated heterocycles. The van der Waals surface area contributed by atoms with Crippen LogP contribution in [0.3, 0.4) is 0 Å². The van der Waals surface area contributed by atoms with E-state index in [0.29, 0.717) is 17.4 Å². The third kappa shape index (κ3) is 4.45. The monoisotopic (exact) mass is 340 g/mol. The fraction of sp³-hybridized carbons (Fsp3) is 0.611. The van der Waals surface area contributed by atoms with E-state index in [2.05, 4.69) is 5.32 Å². The van der Waals surface area contributed by atoms with Crippen LogP contribution in [-0.4, -0.2) is 37.0 Å². The molecule has 0 radical (unpaired) electrons. The maximum absolute atomic E-state index is 13.6. The van der Waals surface area contributed by atoms with Gasteiger partial charge in [-0.2, -0.15) is 0 Å². The fourth-order valence-electron chi connectivity index (χ4n) is 3.62. The van der Waals surface area contributed by atoms with Gasteiger partial charge < -0.3 is 10.2 Å². The summed E-state index contributed by atoms with van der Waals surface area (Å²) in [7, 11) is 0. The minimum absolute atomic E-state index is 0. The van der Waals surface area contributed by atoms with Crippen LogP contribution < -0.4 is 5.32 Å². The summed E-state index contributed by atoms with van der Waals surface area (Å²) in [5.74, 6) is 0.877. The molecular weight excluding hydrogens is 315 g/mol. The molecule has 1 aromatic rings. The Morgan fingerprint density at radius 3 is 2.74 bits per heavy atom. The summed E-state index contributed by atoms with van der Waals surface area (Å²) in [6.45, 7) is 5.39. The maximum Gasteiger partial charge on any atom is 0.225 e. The van der Waals surface area contributed by atoms with Gasteiger partial charge in [0.25, 0.3) is 0 Å². The predicted molar refractivity (Wildman–Crippen MR) is 92.4 cm³/mol. The Morgan fingerprint density at radius 2 is 2.04 bits per heavy atom. The van der Waals surface area contributed by atoms with Crippen molar-refractivity contribution in [1.29, 1.82) is 0 Å². The molecule has 1 amide bonds. The van der Waals surface area contributed by atoms with E-state index in [0.717, 1.165) is 57.4 Å². The van der Waals surface area contributed by atoms with E-state index in [9.17, 15) is 9.18 Å². The molecule has 1 N–H and O–H groups in total. The lowest BCUT2D eigenvalue weighted by Gasteiger charge is -2.26. The van der Waals surface area contributed by atoms with Crippen molar-refractivity contribution in [2.24, 2.45) is 11.8 Å². The third-order valence-corrected chi connectivity index (χ3v) is 5.05. The lowest BCUT2D eigenvalue weighted by atomic mass is 9.96. The molecule has 3 rings (SSSR count). The molecule has 5 heteroatoms. The van der Waals surface area contributed by atoms with E-state index in [1.54, 1.807) is 13.0 Å². The number of halogens is 2. The number of likely N-dealkylation sites (tertiary alicyclic amines) is 1. The lowest BCUT2D eigenvalue weighted by molar-refractivity contribution is -0.135. The smallest absolute Gasteiger partial charge is 0.225 e. The van der Waals surface area contributed by atoms with Crippen LogP contribution in [0, 0.1) is 24.6 Å². The molecule has 1 unspecified atom stereocenters. The van der Waals surface area contributed by atoms with E-state index in [-0.39, 0.29) is 24.1 Å². The summed E-state index contributed by atoms with van der Waals surface area (Å²) < 4.78 is 13.6. The van der Waals surface area contributed by atoms with Crippen molar-refractivity contribution in [3.05, 3.63) is 35.1 Å². The summed E-state index contributed by atoms with van der Waals surface area (Å²) in [5, 5.41) is 3.31. The summed E-state index contributed by atoms with van der Waals surface area (Å²) >= 11 is 0. The highest BCUT2D eigenvalue weighted by Gasteiger charge is 2.31. The number of aryl methyl sites for hydroxylation is 1. The Bertz CT molecular complexity index is 546. The SMILES string of the molecule is Cc1ccc(CC2CCN(C(=O)C3CCNCC3)C2)cc1F.Cl. The molecule has 0 saturated carbocycles. The number of hydrogen-bond donors (Lipinski definition) is 1.